The zero-order valence-corrected chi connectivity index (χ0v) is 35.1. The van der Waals surface area contributed by atoms with Gasteiger partial charge in [0.25, 0.3) is 0 Å². The maximum Gasteiger partial charge on any atom is 0.333 e. The minimum absolute atomic E-state index is 0.0728. The van der Waals surface area contributed by atoms with Crippen molar-refractivity contribution in [2.45, 2.75) is 58.3 Å². The van der Waals surface area contributed by atoms with Crippen LogP contribution in [0.1, 0.15) is 57.2 Å². The monoisotopic (exact) mass is 770 g/mol. The lowest BCUT2D eigenvalue weighted by molar-refractivity contribution is 0.332. The minimum atomic E-state index is -0.0929. The molecule has 0 unspecified atom stereocenters. The van der Waals surface area contributed by atoms with Gasteiger partial charge in [-0.15, -0.1) is 0 Å². The van der Waals surface area contributed by atoms with Crippen LogP contribution in [0.4, 0.5) is 28.4 Å². The molecule has 9 aromatic carbocycles. The Labute approximate surface area is 353 Å². The predicted octanol–water partition coefficient (Wildman–Crippen LogP) is 14.2. The third-order valence-electron chi connectivity index (χ3n) is 14.3. The SMILES string of the molecule is Cc1cc2c(cc1N1c3cc4ccccc4cc3B3c4c1cc1ccccc1c4-c1ccc4ccccc4c1N3c1ccc(-c3ccccc3)cc1)C(C)(C)CCC2(C)C. The van der Waals surface area contributed by atoms with Crippen molar-refractivity contribution < 1.29 is 0 Å². The van der Waals surface area contributed by atoms with E-state index in [9.17, 15) is 0 Å². The molecule has 60 heavy (non-hydrogen) atoms. The van der Waals surface area contributed by atoms with E-state index in [1.54, 1.807) is 0 Å². The van der Waals surface area contributed by atoms with E-state index < -0.39 is 0 Å². The van der Waals surface area contributed by atoms with Crippen molar-refractivity contribution in [1.29, 1.82) is 0 Å². The fraction of sp³-hybridized carbons (Fsp3) is 0.158. The number of rotatable bonds is 3. The highest BCUT2D eigenvalue weighted by atomic mass is 15.2. The van der Waals surface area contributed by atoms with Gasteiger partial charge in [-0.2, -0.15) is 0 Å². The van der Waals surface area contributed by atoms with Crippen LogP contribution < -0.4 is 20.6 Å². The molecule has 0 saturated carbocycles. The Bertz CT molecular complexity index is 3230. The molecule has 0 spiro atoms. The number of hydrogen-bond acceptors (Lipinski definition) is 2. The van der Waals surface area contributed by atoms with E-state index in [4.69, 9.17) is 0 Å². The molecule has 2 aliphatic heterocycles. The highest BCUT2D eigenvalue weighted by molar-refractivity contribution is 6.94. The Hall–Kier alpha value is -6.58. The molecule has 1 aliphatic carbocycles. The van der Waals surface area contributed by atoms with E-state index in [1.807, 2.05) is 0 Å². The average Bonchev–Trinajstić information content (AvgIpc) is 3.27. The third kappa shape index (κ3) is 5.08. The molecule has 288 valence electrons. The van der Waals surface area contributed by atoms with Gasteiger partial charge in [-0.1, -0.05) is 167 Å². The number of benzene rings is 9. The Balaban J connectivity index is 1.22. The molecule has 2 nitrogen and oxygen atoms in total. The molecule has 0 amide bonds. The Morgan fingerprint density at radius 3 is 1.80 bits per heavy atom. The minimum Gasteiger partial charge on any atom is -0.376 e. The summed E-state index contributed by atoms with van der Waals surface area (Å²) in [5, 5.41) is 7.58. The summed E-state index contributed by atoms with van der Waals surface area (Å²) < 4.78 is 0. The van der Waals surface area contributed by atoms with Gasteiger partial charge in [0.05, 0.1) is 0 Å². The average molecular weight is 771 g/mol. The highest BCUT2D eigenvalue weighted by Crippen LogP contribution is 2.54. The van der Waals surface area contributed by atoms with E-state index in [0.717, 1.165) is 0 Å². The van der Waals surface area contributed by atoms with Crippen molar-refractivity contribution in [1.82, 2.24) is 0 Å². The zero-order valence-electron chi connectivity index (χ0n) is 35.1. The Morgan fingerprint density at radius 2 is 1.07 bits per heavy atom. The van der Waals surface area contributed by atoms with Crippen molar-refractivity contribution >= 4 is 78.5 Å². The lowest BCUT2D eigenvalue weighted by Crippen LogP contribution is -2.61. The first-order chi connectivity index (χ1) is 29.2. The van der Waals surface area contributed by atoms with Gasteiger partial charge in [0, 0.05) is 39.4 Å². The molecule has 0 saturated heterocycles. The molecule has 0 fully saturated rings. The maximum atomic E-state index is 2.68. The Morgan fingerprint density at radius 1 is 0.483 bits per heavy atom. The smallest absolute Gasteiger partial charge is 0.333 e. The van der Waals surface area contributed by atoms with E-state index in [1.165, 1.54) is 123 Å². The molecule has 0 N–H and O–H groups in total. The number of hydrogen-bond donors (Lipinski definition) is 0. The number of fused-ring (bicyclic) bond motifs is 10. The van der Waals surface area contributed by atoms with Crippen molar-refractivity contribution in [2.24, 2.45) is 0 Å². The second-order valence-corrected chi connectivity index (χ2v) is 18.8. The Kier molecular flexibility index (Phi) is 7.50. The topological polar surface area (TPSA) is 6.48 Å². The quantitative estimate of drug-likeness (QED) is 0.165. The van der Waals surface area contributed by atoms with E-state index in [-0.39, 0.29) is 17.7 Å². The molecule has 9 aromatic rings. The van der Waals surface area contributed by atoms with Crippen molar-refractivity contribution in [2.75, 3.05) is 9.71 Å². The van der Waals surface area contributed by atoms with Gasteiger partial charge in [0.1, 0.15) is 0 Å². The summed E-state index contributed by atoms with van der Waals surface area (Å²) in [6.07, 6.45) is 2.37. The van der Waals surface area contributed by atoms with Crippen molar-refractivity contribution in [3.05, 3.63) is 187 Å². The maximum absolute atomic E-state index is 2.68. The van der Waals surface area contributed by atoms with Crippen LogP contribution in [0.15, 0.2) is 170 Å². The van der Waals surface area contributed by atoms with Gasteiger partial charge in [-0.25, -0.2) is 0 Å². The molecule has 2 heterocycles. The summed E-state index contributed by atoms with van der Waals surface area (Å²) in [6, 6.07) is 64.4. The predicted molar refractivity (Wildman–Crippen MR) is 258 cm³/mol. The van der Waals surface area contributed by atoms with Gasteiger partial charge >= 0.3 is 6.85 Å². The third-order valence-corrected chi connectivity index (χ3v) is 14.3. The van der Waals surface area contributed by atoms with Gasteiger partial charge < -0.3 is 9.71 Å². The van der Waals surface area contributed by atoms with Gasteiger partial charge in [0.2, 0.25) is 0 Å². The summed E-state index contributed by atoms with van der Waals surface area (Å²) >= 11 is 0. The van der Waals surface area contributed by atoms with Crippen LogP contribution >= 0.6 is 0 Å². The molecule has 0 radical (unpaired) electrons. The van der Waals surface area contributed by atoms with Crippen LogP contribution in [0.5, 0.6) is 0 Å². The fourth-order valence-electron chi connectivity index (χ4n) is 11.1. The van der Waals surface area contributed by atoms with Crippen molar-refractivity contribution in [3.8, 4) is 22.3 Å². The number of anilines is 5. The van der Waals surface area contributed by atoms with Crippen LogP contribution in [0.2, 0.25) is 0 Å². The van der Waals surface area contributed by atoms with Crippen LogP contribution in [-0.2, 0) is 10.8 Å². The first-order valence-corrected chi connectivity index (χ1v) is 21.7. The standard InChI is InChI=1S/C57H47BN2/c1-36-31-47-48(57(4,5)30-29-56(47,2)3)35-50(36)59-51-33-41-19-10-9-18-40(41)32-49(51)58-54-52(59)34-42-20-12-13-21-44(42)53(54)46-28-25-39-17-11-14-22-45(39)55(46)60(58)43-26-23-38(24-27-43)37-15-7-6-8-16-37/h6-28,31-35H,29-30H2,1-5H3. The normalized spacial score (nSPS) is 15.8. The zero-order chi connectivity index (χ0) is 40.5. The number of aryl methyl sites for hydroxylation is 1. The first kappa shape index (κ1) is 35.4. The highest BCUT2D eigenvalue weighted by Gasteiger charge is 2.47. The van der Waals surface area contributed by atoms with E-state index in [2.05, 4.69) is 214 Å². The van der Waals surface area contributed by atoms with E-state index >= 15 is 0 Å². The van der Waals surface area contributed by atoms with Gasteiger partial charge in [-0.05, 0) is 132 Å². The molecule has 0 bridgehead atoms. The molecular weight excluding hydrogens is 723 g/mol. The van der Waals surface area contributed by atoms with Crippen LogP contribution in [-0.4, -0.2) is 6.85 Å². The summed E-state index contributed by atoms with van der Waals surface area (Å²) in [5.41, 5.74) is 18.5. The molecular formula is C57H47BN2. The summed E-state index contributed by atoms with van der Waals surface area (Å²) in [5.74, 6) is 0. The van der Waals surface area contributed by atoms with Crippen LogP contribution in [0.25, 0.3) is 54.6 Å². The van der Waals surface area contributed by atoms with E-state index in [0.29, 0.717) is 0 Å². The molecule has 3 aliphatic rings. The summed E-state index contributed by atoms with van der Waals surface area (Å²) in [7, 11) is 0. The molecule has 12 rings (SSSR count). The van der Waals surface area contributed by atoms with Gasteiger partial charge in [0.15, 0.2) is 0 Å². The fourth-order valence-corrected chi connectivity index (χ4v) is 11.1. The van der Waals surface area contributed by atoms with Crippen LogP contribution in [0, 0.1) is 6.92 Å². The molecule has 3 heteroatoms. The lowest BCUT2D eigenvalue weighted by Gasteiger charge is -2.47. The lowest BCUT2D eigenvalue weighted by atomic mass is 9.43. The summed E-state index contributed by atoms with van der Waals surface area (Å²) in [6.45, 7) is 12.0. The molecule has 0 atom stereocenters. The summed E-state index contributed by atoms with van der Waals surface area (Å²) in [4.78, 5) is 5.34. The van der Waals surface area contributed by atoms with Crippen molar-refractivity contribution in [3.63, 3.8) is 0 Å². The second-order valence-electron chi connectivity index (χ2n) is 18.8. The first-order valence-electron chi connectivity index (χ1n) is 21.7. The molecule has 0 aromatic heterocycles. The largest absolute Gasteiger partial charge is 0.376 e. The number of nitrogens with zero attached hydrogens (tertiary/aromatic N) is 2. The van der Waals surface area contributed by atoms with Gasteiger partial charge in [-0.3, -0.25) is 0 Å². The second kappa shape index (κ2) is 12.7. The van der Waals surface area contributed by atoms with Crippen LogP contribution in [0.3, 0.4) is 0 Å².